The molecule has 0 spiro atoms. The van der Waals surface area contributed by atoms with Crippen LogP contribution in [0.15, 0.2) is 22.6 Å². The maximum absolute atomic E-state index is 12.1. The van der Waals surface area contributed by atoms with Crippen LogP contribution >= 0.6 is 0 Å². The number of carbonyl (C=O) groups is 1. The maximum Gasteiger partial charge on any atom is 0.276 e. The lowest BCUT2D eigenvalue weighted by molar-refractivity contribution is 0.0884. The van der Waals surface area contributed by atoms with Gasteiger partial charge in [0.15, 0.2) is 0 Å². The van der Waals surface area contributed by atoms with Crippen LogP contribution in [0.25, 0.3) is 0 Å². The Morgan fingerprint density at radius 1 is 1.35 bits per heavy atom. The first-order chi connectivity index (χ1) is 11.2. The number of methoxy groups -OCH3 is 1. The maximum atomic E-state index is 12.1. The second-order valence-corrected chi connectivity index (χ2v) is 5.67. The average Bonchev–Trinajstić information content (AvgIpc) is 3.28. The predicted molar refractivity (Wildman–Crippen MR) is 83.7 cm³/mol. The van der Waals surface area contributed by atoms with Gasteiger partial charge in [0.25, 0.3) is 5.91 Å². The van der Waals surface area contributed by atoms with Gasteiger partial charge in [0.2, 0.25) is 5.88 Å². The smallest absolute Gasteiger partial charge is 0.276 e. The van der Waals surface area contributed by atoms with E-state index < -0.39 is 0 Å². The van der Waals surface area contributed by atoms with Crippen molar-refractivity contribution < 1.29 is 14.3 Å². The summed E-state index contributed by atoms with van der Waals surface area (Å²) in [5.74, 6) is 1.12. The number of hydrogen-bond acceptors (Lipinski definition) is 7. The summed E-state index contributed by atoms with van der Waals surface area (Å²) in [7, 11) is 1.60. The molecule has 1 saturated carbocycles. The van der Waals surface area contributed by atoms with Crippen LogP contribution in [0.1, 0.15) is 36.7 Å². The van der Waals surface area contributed by atoms with E-state index in [1.54, 1.807) is 7.11 Å². The lowest BCUT2D eigenvalue weighted by Gasteiger charge is -2.12. The Hall–Kier alpha value is -2.35. The van der Waals surface area contributed by atoms with Gasteiger partial charge in [-0.2, -0.15) is 5.10 Å². The molecule has 1 N–H and O–H groups in total. The highest BCUT2D eigenvalue weighted by Crippen LogP contribution is 2.33. The van der Waals surface area contributed by atoms with Crippen molar-refractivity contribution >= 4 is 17.5 Å². The lowest BCUT2D eigenvalue weighted by atomic mass is 10.2. The van der Waals surface area contributed by atoms with Crippen LogP contribution in [-0.4, -0.2) is 47.2 Å². The largest absolute Gasteiger partial charge is 0.471 e. The summed E-state index contributed by atoms with van der Waals surface area (Å²) in [6.07, 6.45) is 5.61. The number of amides is 1. The molecule has 1 aliphatic carbocycles. The normalized spacial score (nSPS) is 18.2. The summed E-state index contributed by atoms with van der Waals surface area (Å²) in [6.45, 7) is 2.31. The third-order valence-electron chi connectivity index (χ3n) is 3.54. The van der Waals surface area contributed by atoms with E-state index in [-0.39, 0.29) is 17.7 Å². The Morgan fingerprint density at radius 3 is 2.83 bits per heavy atom. The molecule has 1 fully saturated rings. The van der Waals surface area contributed by atoms with E-state index in [9.17, 15) is 4.79 Å². The molecule has 1 amide bonds. The quantitative estimate of drug-likeness (QED) is 0.850. The molecule has 23 heavy (non-hydrogen) atoms. The second kappa shape index (κ2) is 6.82. The van der Waals surface area contributed by atoms with Crippen LogP contribution < -0.4 is 10.1 Å². The highest BCUT2D eigenvalue weighted by molar-refractivity contribution is 6.14. The van der Waals surface area contributed by atoms with E-state index >= 15 is 0 Å². The fourth-order valence-electron chi connectivity index (χ4n) is 2.24. The first-order valence-corrected chi connectivity index (χ1v) is 7.58. The van der Waals surface area contributed by atoms with Crippen LogP contribution in [0, 0.1) is 5.92 Å². The lowest BCUT2D eigenvalue weighted by Crippen LogP contribution is -2.31. The zero-order valence-corrected chi connectivity index (χ0v) is 13.2. The van der Waals surface area contributed by atoms with Crippen molar-refractivity contribution in [1.29, 1.82) is 0 Å². The molecule has 8 nitrogen and oxygen atoms in total. The molecule has 0 saturated heterocycles. The number of aromatic nitrogens is 2. The van der Waals surface area contributed by atoms with Gasteiger partial charge in [0.1, 0.15) is 17.6 Å². The molecule has 0 bridgehead atoms. The number of nitrogens with zero attached hydrogens (tertiary/aromatic N) is 4. The fraction of sp³-hybridized carbons (Fsp3) is 0.533. The third kappa shape index (κ3) is 4.10. The molecule has 2 heterocycles. The minimum absolute atomic E-state index is 0.139. The molecule has 1 aromatic heterocycles. The molecule has 0 aromatic carbocycles. The summed E-state index contributed by atoms with van der Waals surface area (Å²) in [6, 6.07) is 0. The van der Waals surface area contributed by atoms with Gasteiger partial charge in [0.05, 0.1) is 24.7 Å². The van der Waals surface area contributed by atoms with Crippen molar-refractivity contribution in [3.8, 4) is 5.88 Å². The number of ether oxygens (including phenoxy) is 2. The molecule has 0 radical (unpaired) electrons. The van der Waals surface area contributed by atoms with Crippen LogP contribution in [0.5, 0.6) is 5.88 Å². The minimum atomic E-state index is -0.347. The van der Waals surface area contributed by atoms with Gasteiger partial charge in [0, 0.05) is 13.5 Å². The van der Waals surface area contributed by atoms with E-state index in [0.29, 0.717) is 30.7 Å². The van der Waals surface area contributed by atoms with Crippen LogP contribution in [-0.2, 0) is 4.74 Å². The molecule has 3 rings (SSSR count). The van der Waals surface area contributed by atoms with Crippen molar-refractivity contribution in [1.82, 2.24) is 15.3 Å². The van der Waals surface area contributed by atoms with E-state index in [1.807, 2.05) is 6.92 Å². The predicted octanol–water partition coefficient (Wildman–Crippen LogP) is 1.19. The molecule has 1 unspecified atom stereocenters. The first kappa shape index (κ1) is 15.5. The summed E-state index contributed by atoms with van der Waals surface area (Å²) in [4.78, 5) is 20.3. The Morgan fingerprint density at radius 2 is 2.17 bits per heavy atom. The molecular formula is C15H19N5O3. The highest BCUT2D eigenvalue weighted by Gasteiger charge is 2.31. The van der Waals surface area contributed by atoms with Crippen molar-refractivity contribution in [3.05, 3.63) is 18.1 Å². The number of nitrogens with one attached hydrogen (secondary N) is 1. The Labute approximate surface area is 134 Å². The Kier molecular flexibility index (Phi) is 4.61. The van der Waals surface area contributed by atoms with Crippen molar-refractivity contribution in [3.63, 3.8) is 0 Å². The summed E-state index contributed by atoms with van der Waals surface area (Å²) < 4.78 is 10.5. The number of hydrogen-bond donors (Lipinski definition) is 1. The van der Waals surface area contributed by atoms with Crippen molar-refractivity contribution in [2.75, 3.05) is 13.7 Å². The third-order valence-corrected chi connectivity index (χ3v) is 3.54. The van der Waals surface area contributed by atoms with Gasteiger partial charge in [-0.05, 0) is 25.7 Å². The topological polar surface area (TPSA) is 98.1 Å². The molecule has 1 aromatic rings. The van der Waals surface area contributed by atoms with Crippen molar-refractivity contribution in [2.45, 2.75) is 32.3 Å². The van der Waals surface area contributed by atoms with E-state index in [1.165, 1.54) is 25.2 Å². The van der Waals surface area contributed by atoms with Gasteiger partial charge in [-0.15, -0.1) is 5.10 Å². The highest BCUT2D eigenvalue weighted by atomic mass is 16.5. The fourth-order valence-corrected chi connectivity index (χ4v) is 2.24. The summed E-state index contributed by atoms with van der Waals surface area (Å²) >= 11 is 0. The second-order valence-electron chi connectivity index (χ2n) is 5.67. The van der Waals surface area contributed by atoms with Crippen LogP contribution in [0.3, 0.4) is 0 Å². The SMILES string of the molecule is COCC(C)Oc1cnc(C(=O)NC2=NN=C(C3CC3)C2)cn1. The van der Waals surface area contributed by atoms with Gasteiger partial charge < -0.3 is 14.8 Å². The van der Waals surface area contributed by atoms with Crippen molar-refractivity contribution in [2.24, 2.45) is 16.1 Å². The molecule has 1 atom stereocenters. The van der Waals surface area contributed by atoms with E-state index in [4.69, 9.17) is 9.47 Å². The van der Waals surface area contributed by atoms with Crippen LogP contribution in [0.4, 0.5) is 0 Å². The molecule has 1 aliphatic heterocycles. The average molecular weight is 317 g/mol. The summed E-state index contributed by atoms with van der Waals surface area (Å²) in [5.41, 5.74) is 1.27. The summed E-state index contributed by atoms with van der Waals surface area (Å²) in [5, 5.41) is 10.8. The Bertz CT molecular complexity index is 637. The zero-order chi connectivity index (χ0) is 16.2. The van der Waals surface area contributed by atoms with E-state index in [2.05, 4.69) is 25.5 Å². The van der Waals surface area contributed by atoms with Gasteiger partial charge >= 0.3 is 0 Å². The Balaban J connectivity index is 1.52. The van der Waals surface area contributed by atoms with Gasteiger partial charge in [-0.25, -0.2) is 9.97 Å². The number of amidine groups is 1. The van der Waals surface area contributed by atoms with Gasteiger partial charge in [-0.3, -0.25) is 4.79 Å². The standard InChI is InChI=1S/C15H19N5O3/c1-9(8-22-2)23-14-7-16-12(6-17-14)15(21)18-13-5-11(19-20-13)10-3-4-10/h6-7,9-10H,3-5,8H2,1-2H3,(H,18,20,21). The number of carbonyl (C=O) groups excluding carboxylic acids is 1. The molecule has 2 aliphatic rings. The molecule has 8 heteroatoms. The molecule has 122 valence electrons. The zero-order valence-electron chi connectivity index (χ0n) is 13.2. The monoisotopic (exact) mass is 317 g/mol. The first-order valence-electron chi connectivity index (χ1n) is 7.58. The molecular weight excluding hydrogens is 298 g/mol. The van der Waals surface area contributed by atoms with E-state index in [0.717, 1.165) is 5.71 Å². The number of rotatable bonds is 6. The van der Waals surface area contributed by atoms with Gasteiger partial charge in [-0.1, -0.05) is 0 Å². The minimum Gasteiger partial charge on any atom is -0.471 e. The van der Waals surface area contributed by atoms with Crippen LogP contribution in [0.2, 0.25) is 0 Å².